The molecule has 1 atom stereocenters. The van der Waals surface area contributed by atoms with Crippen LogP contribution >= 0.6 is 11.3 Å². The van der Waals surface area contributed by atoms with E-state index in [9.17, 15) is 32.3 Å². The fraction of sp³-hybridized carbons (Fsp3) is 0.320. The van der Waals surface area contributed by atoms with Crippen molar-refractivity contribution < 1.29 is 32.3 Å². The highest BCUT2D eigenvalue weighted by Crippen LogP contribution is 2.22. The monoisotopic (exact) mass is 565 g/mol. The lowest BCUT2D eigenvalue weighted by Gasteiger charge is -2.23. The molecule has 0 fully saturated rings. The second kappa shape index (κ2) is 12.6. The van der Waals surface area contributed by atoms with Crippen LogP contribution in [-0.4, -0.2) is 46.2 Å². The van der Waals surface area contributed by atoms with Gasteiger partial charge in [0.05, 0.1) is 18.3 Å². The lowest BCUT2D eigenvalue weighted by Crippen LogP contribution is -2.50. The first kappa shape index (κ1) is 29.4. The molecular formula is C25H26F3N5O5S. The van der Waals surface area contributed by atoms with Gasteiger partial charge in [-0.2, -0.15) is 13.2 Å². The number of alkyl halides is 3. The van der Waals surface area contributed by atoms with Gasteiger partial charge in [0.1, 0.15) is 12.2 Å². The Hall–Kier alpha value is -4.20. The summed E-state index contributed by atoms with van der Waals surface area (Å²) in [4.78, 5) is 54.9. The number of pyridine rings is 1. The zero-order chi connectivity index (χ0) is 28.7. The fourth-order valence-corrected chi connectivity index (χ4v) is 4.26. The van der Waals surface area contributed by atoms with Gasteiger partial charge in [0.25, 0.3) is 11.3 Å². The molecule has 1 aromatic carbocycles. The molecule has 3 rings (SSSR count). The van der Waals surface area contributed by atoms with Gasteiger partial charge >= 0.3 is 12.3 Å². The number of ether oxygens (including phenoxy) is 1. The maximum Gasteiger partial charge on any atom is 0.452 e. The van der Waals surface area contributed by atoms with E-state index in [0.717, 1.165) is 9.44 Å². The van der Waals surface area contributed by atoms with Gasteiger partial charge in [0.2, 0.25) is 5.91 Å². The molecule has 14 heteroatoms. The quantitative estimate of drug-likeness (QED) is 0.340. The number of nitrogens with zero attached hydrogens (tertiary/aromatic N) is 2. The molecule has 10 nitrogen and oxygen atoms in total. The normalized spacial score (nSPS) is 12.2. The van der Waals surface area contributed by atoms with Gasteiger partial charge in [0, 0.05) is 17.5 Å². The molecule has 0 bridgehead atoms. The highest BCUT2D eigenvalue weighted by molar-refractivity contribution is 7.15. The molecule has 4 N–H and O–H groups in total. The number of nitrogen functional groups attached to an aromatic ring is 1. The number of thiazole rings is 1. The molecule has 0 saturated heterocycles. The van der Waals surface area contributed by atoms with Gasteiger partial charge in [-0.05, 0) is 23.6 Å². The van der Waals surface area contributed by atoms with Crippen LogP contribution in [0.4, 0.5) is 28.8 Å². The third-order valence-electron chi connectivity index (χ3n) is 5.48. The molecule has 0 aliphatic rings. The van der Waals surface area contributed by atoms with Crippen LogP contribution in [0.3, 0.4) is 0 Å². The lowest BCUT2D eigenvalue weighted by molar-refractivity contribution is -0.174. The number of carbonyl (C=O) groups excluding carboxylic acids is 3. The van der Waals surface area contributed by atoms with Crippen LogP contribution in [-0.2, 0) is 27.3 Å². The van der Waals surface area contributed by atoms with E-state index >= 15 is 0 Å². The Morgan fingerprint density at radius 3 is 2.41 bits per heavy atom. The highest BCUT2D eigenvalue weighted by Gasteiger charge is 2.45. The molecule has 2 aromatic heterocycles. The number of aromatic nitrogens is 2. The van der Waals surface area contributed by atoms with E-state index in [1.54, 1.807) is 36.5 Å². The minimum Gasteiger partial charge on any atom is -0.449 e. The molecule has 39 heavy (non-hydrogen) atoms. The summed E-state index contributed by atoms with van der Waals surface area (Å²) in [6.07, 6.45) is -4.17. The average molecular weight is 566 g/mol. The number of carbonyl (C=O) groups is 3. The summed E-state index contributed by atoms with van der Waals surface area (Å²) in [5, 5.41) is 4.79. The van der Waals surface area contributed by atoms with Crippen LogP contribution in [0.2, 0.25) is 0 Å². The van der Waals surface area contributed by atoms with Crippen LogP contribution in [0.15, 0.2) is 53.5 Å². The minimum absolute atomic E-state index is 0.0179. The largest absolute Gasteiger partial charge is 0.452 e. The lowest BCUT2D eigenvalue weighted by atomic mass is 9.99. The highest BCUT2D eigenvalue weighted by atomic mass is 32.1. The van der Waals surface area contributed by atoms with E-state index in [0.29, 0.717) is 17.1 Å². The van der Waals surface area contributed by atoms with Crippen molar-refractivity contribution in [1.29, 1.82) is 0 Å². The van der Waals surface area contributed by atoms with Crippen molar-refractivity contribution >= 4 is 39.9 Å². The third-order valence-corrected chi connectivity index (χ3v) is 6.37. The fourth-order valence-electron chi connectivity index (χ4n) is 3.59. The minimum atomic E-state index is -5.15. The molecule has 2 heterocycles. The van der Waals surface area contributed by atoms with Crippen molar-refractivity contribution in [2.24, 2.45) is 5.92 Å². The Labute approximate surface area is 225 Å². The van der Waals surface area contributed by atoms with Gasteiger partial charge in [-0.3, -0.25) is 24.3 Å². The van der Waals surface area contributed by atoms with E-state index in [-0.39, 0.29) is 18.0 Å². The summed E-state index contributed by atoms with van der Waals surface area (Å²) >= 11 is 1.24. The first-order valence-corrected chi connectivity index (χ1v) is 12.5. The second-order valence-electron chi connectivity index (χ2n) is 8.72. The Kier molecular flexibility index (Phi) is 9.46. The first-order valence-electron chi connectivity index (χ1n) is 11.7. The number of hydrogen-bond donors (Lipinski definition) is 3. The van der Waals surface area contributed by atoms with Crippen molar-refractivity contribution in [3.8, 4) is 11.3 Å². The van der Waals surface area contributed by atoms with Gasteiger partial charge in [0.15, 0.2) is 5.13 Å². The first-order chi connectivity index (χ1) is 18.4. The van der Waals surface area contributed by atoms with Crippen molar-refractivity contribution in [3.05, 3.63) is 63.9 Å². The molecular weight excluding hydrogens is 539 g/mol. The molecule has 208 valence electrons. The van der Waals surface area contributed by atoms with Crippen molar-refractivity contribution in [2.75, 3.05) is 17.7 Å². The summed E-state index contributed by atoms with van der Waals surface area (Å²) in [7, 11) is 0. The zero-order valence-electron chi connectivity index (χ0n) is 20.9. The number of hydrogen-bond acceptors (Lipinski definition) is 8. The molecule has 0 spiro atoms. The standard InChI is InChI=1S/C25H26F3N5O5S/c1-14(2)20(21(35)25(26,27)28)32-19(34)13-33-18(15-6-4-3-5-7-15)9-8-17(22(33)36)31-24(37)38-11-10-16-12-30-23(29)39-16/h3-9,12,14,20H,10-11,13H2,1-2H3,(H2,29,30)(H,31,37)(H,32,34). The second-order valence-corrected chi connectivity index (χ2v) is 9.86. The van der Waals surface area contributed by atoms with E-state index in [1.165, 1.54) is 37.3 Å². The summed E-state index contributed by atoms with van der Waals surface area (Å²) in [6.45, 7) is 1.98. The van der Waals surface area contributed by atoms with Gasteiger partial charge in [-0.1, -0.05) is 44.2 Å². The Morgan fingerprint density at radius 2 is 1.82 bits per heavy atom. The maximum absolute atomic E-state index is 13.3. The predicted octanol–water partition coefficient (Wildman–Crippen LogP) is 3.62. The Bertz CT molecular complexity index is 1390. The number of Topliss-reactive ketones (excluding diaryl/α,β-unsaturated/α-hetero) is 1. The summed E-state index contributed by atoms with van der Waals surface area (Å²) in [5.74, 6) is -3.95. The molecule has 1 unspecified atom stereocenters. The summed E-state index contributed by atoms with van der Waals surface area (Å²) < 4.78 is 45.2. The van der Waals surface area contributed by atoms with Crippen LogP contribution in [0, 0.1) is 5.92 Å². The van der Waals surface area contributed by atoms with E-state index < -0.39 is 48.0 Å². The molecule has 0 saturated carbocycles. The number of benzene rings is 1. The van der Waals surface area contributed by atoms with Crippen molar-refractivity contribution in [2.45, 2.75) is 39.0 Å². The number of ketones is 1. The van der Waals surface area contributed by atoms with Crippen molar-refractivity contribution in [3.63, 3.8) is 0 Å². The zero-order valence-corrected chi connectivity index (χ0v) is 21.8. The number of nitrogens with two attached hydrogens (primary N) is 1. The predicted molar refractivity (Wildman–Crippen MR) is 139 cm³/mol. The number of halogens is 3. The van der Waals surface area contributed by atoms with E-state index in [4.69, 9.17) is 10.5 Å². The van der Waals surface area contributed by atoms with Crippen LogP contribution in [0.25, 0.3) is 11.3 Å². The Morgan fingerprint density at radius 1 is 1.13 bits per heavy atom. The van der Waals surface area contributed by atoms with Crippen LogP contribution < -0.4 is 21.9 Å². The van der Waals surface area contributed by atoms with Crippen molar-refractivity contribution in [1.82, 2.24) is 14.9 Å². The molecule has 3 aromatic rings. The van der Waals surface area contributed by atoms with Gasteiger partial charge in [-0.15, -0.1) is 11.3 Å². The van der Waals surface area contributed by atoms with E-state index in [1.807, 2.05) is 0 Å². The van der Waals surface area contributed by atoms with E-state index in [2.05, 4.69) is 15.6 Å². The smallest absolute Gasteiger partial charge is 0.449 e. The van der Waals surface area contributed by atoms with Gasteiger partial charge < -0.3 is 15.8 Å². The number of nitrogens with one attached hydrogen (secondary N) is 2. The molecule has 0 aliphatic carbocycles. The van der Waals surface area contributed by atoms with Crippen LogP contribution in [0.1, 0.15) is 18.7 Å². The number of amides is 2. The maximum atomic E-state index is 13.3. The SMILES string of the molecule is CC(C)C(NC(=O)Cn1c(-c2ccccc2)ccc(NC(=O)OCCc2cnc(N)s2)c1=O)C(=O)C(F)(F)F. The third kappa shape index (κ3) is 7.89. The summed E-state index contributed by atoms with van der Waals surface area (Å²) in [6, 6.07) is 9.43. The number of anilines is 2. The molecule has 0 radical (unpaired) electrons. The Balaban J connectivity index is 1.82. The molecule has 2 amide bonds. The summed E-state index contributed by atoms with van der Waals surface area (Å²) in [5.41, 5.74) is 5.34. The van der Waals surface area contributed by atoms with Gasteiger partial charge in [-0.25, -0.2) is 9.78 Å². The topological polar surface area (TPSA) is 145 Å². The number of rotatable bonds is 10. The average Bonchev–Trinajstić information content (AvgIpc) is 3.29. The van der Waals surface area contributed by atoms with Crippen LogP contribution in [0.5, 0.6) is 0 Å². The molecule has 0 aliphatic heterocycles.